The highest BCUT2D eigenvalue weighted by molar-refractivity contribution is 6.31. The first kappa shape index (κ1) is 15.5. The Morgan fingerprint density at radius 3 is 2.61 bits per heavy atom. The van der Waals surface area contributed by atoms with Gasteiger partial charge >= 0.3 is 0 Å². The van der Waals surface area contributed by atoms with Crippen LogP contribution in [-0.2, 0) is 19.5 Å². The van der Waals surface area contributed by atoms with Crippen molar-refractivity contribution >= 4 is 11.6 Å². The Hall–Kier alpha value is -0.580. The van der Waals surface area contributed by atoms with E-state index >= 15 is 0 Å². The lowest BCUT2D eigenvalue weighted by Crippen LogP contribution is -2.29. The molecule has 0 fully saturated rings. The SMILES string of the molecule is CCc1nn(CC)c(CNCCN(C)CC)c1Cl. The largest absolute Gasteiger partial charge is 0.310 e. The molecule has 0 bridgehead atoms. The summed E-state index contributed by atoms with van der Waals surface area (Å²) in [6.07, 6.45) is 0.886. The van der Waals surface area contributed by atoms with Gasteiger partial charge < -0.3 is 10.2 Å². The number of hydrogen-bond acceptors (Lipinski definition) is 3. The van der Waals surface area contributed by atoms with E-state index in [-0.39, 0.29) is 0 Å². The Labute approximate surface area is 115 Å². The van der Waals surface area contributed by atoms with Crippen LogP contribution >= 0.6 is 11.6 Å². The fraction of sp³-hybridized carbons (Fsp3) is 0.769. The lowest BCUT2D eigenvalue weighted by molar-refractivity contribution is 0.348. The average Bonchev–Trinajstić information content (AvgIpc) is 2.70. The number of nitrogens with zero attached hydrogens (tertiary/aromatic N) is 3. The van der Waals surface area contributed by atoms with Crippen LogP contribution in [0.25, 0.3) is 0 Å². The van der Waals surface area contributed by atoms with Crippen molar-refractivity contribution in [2.45, 2.75) is 40.3 Å². The van der Waals surface area contributed by atoms with Gasteiger partial charge in [0.25, 0.3) is 0 Å². The summed E-state index contributed by atoms with van der Waals surface area (Å²) < 4.78 is 2.00. The topological polar surface area (TPSA) is 33.1 Å². The Morgan fingerprint density at radius 2 is 2.06 bits per heavy atom. The average molecular weight is 273 g/mol. The number of likely N-dealkylation sites (N-methyl/N-ethyl adjacent to an activating group) is 1. The summed E-state index contributed by atoms with van der Waals surface area (Å²) in [4.78, 5) is 2.28. The molecule has 1 rings (SSSR count). The summed E-state index contributed by atoms with van der Waals surface area (Å²) >= 11 is 6.34. The Balaban J connectivity index is 2.53. The van der Waals surface area contributed by atoms with Crippen molar-refractivity contribution in [1.29, 1.82) is 0 Å². The number of rotatable bonds is 8. The zero-order valence-corrected chi connectivity index (χ0v) is 12.7. The van der Waals surface area contributed by atoms with Crippen molar-refractivity contribution in [2.75, 3.05) is 26.7 Å². The second-order valence-corrected chi connectivity index (χ2v) is 4.83. The third-order valence-corrected chi connectivity index (χ3v) is 3.63. The van der Waals surface area contributed by atoms with Crippen molar-refractivity contribution in [3.8, 4) is 0 Å². The quantitative estimate of drug-likeness (QED) is 0.737. The fourth-order valence-electron chi connectivity index (χ4n) is 1.82. The van der Waals surface area contributed by atoms with Crippen LogP contribution in [0.1, 0.15) is 32.2 Å². The molecule has 0 aromatic carbocycles. The molecule has 1 heterocycles. The summed E-state index contributed by atoms with van der Waals surface area (Å²) in [6, 6.07) is 0. The van der Waals surface area contributed by atoms with Crippen LogP contribution in [0.5, 0.6) is 0 Å². The molecule has 0 aliphatic rings. The van der Waals surface area contributed by atoms with Gasteiger partial charge in [0.2, 0.25) is 0 Å². The molecule has 5 heteroatoms. The molecule has 0 saturated heterocycles. The van der Waals surface area contributed by atoms with E-state index in [2.05, 4.69) is 43.1 Å². The van der Waals surface area contributed by atoms with Gasteiger partial charge in [0.05, 0.1) is 16.4 Å². The summed E-state index contributed by atoms with van der Waals surface area (Å²) in [7, 11) is 2.13. The number of hydrogen-bond donors (Lipinski definition) is 1. The molecule has 0 unspecified atom stereocenters. The summed E-state index contributed by atoms with van der Waals surface area (Å²) in [6.45, 7) is 11.1. The van der Waals surface area contributed by atoms with Crippen LogP contribution < -0.4 is 5.32 Å². The minimum Gasteiger partial charge on any atom is -0.310 e. The lowest BCUT2D eigenvalue weighted by Gasteiger charge is -2.14. The molecule has 104 valence electrons. The maximum atomic E-state index is 6.34. The third kappa shape index (κ3) is 3.97. The Bertz CT molecular complexity index is 362. The Morgan fingerprint density at radius 1 is 1.33 bits per heavy atom. The van der Waals surface area contributed by atoms with E-state index in [0.717, 1.165) is 55.6 Å². The standard InChI is InChI=1S/C13H25ClN4/c1-5-11-13(14)12(18(7-3)16-11)10-15-8-9-17(4)6-2/h15H,5-10H2,1-4H3. The van der Waals surface area contributed by atoms with Crippen LogP contribution in [-0.4, -0.2) is 41.4 Å². The van der Waals surface area contributed by atoms with E-state index in [9.17, 15) is 0 Å². The van der Waals surface area contributed by atoms with Crippen LogP contribution in [0.15, 0.2) is 0 Å². The molecule has 0 aliphatic heterocycles. The lowest BCUT2D eigenvalue weighted by atomic mass is 10.3. The second-order valence-electron chi connectivity index (χ2n) is 4.45. The smallest absolute Gasteiger partial charge is 0.0863 e. The molecule has 0 amide bonds. The molecule has 1 aromatic rings. The molecule has 1 N–H and O–H groups in total. The second kappa shape index (κ2) is 7.77. The van der Waals surface area contributed by atoms with Gasteiger partial charge in [0.1, 0.15) is 0 Å². The summed E-state index contributed by atoms with van der Waals surface area (Å²) in [5.74, 6) is 0. The van der Waals surface area contributed by atoms with Gasteiger partial charge in [-0.3, -0.25) is 4.68 Å². The van der Waals surface area contributed by atoms with E-state index in [4.69, 9.17) is 11.6 Å². The summed E-state index contributed by atoms with van der Waals surface area (Å²) in [5.41, 5.74) is 2.11. The van der Waals surface area contributed by atoms with Gasteiger partial charge in [-0.25, -0.2) is 0 Å². The van der Waals surface area contributed by atoms with Crippen LogP contribution in [0, 0.1) is 0 Å². The molecule has 1 aromatic heterocycles. The van der Waals surface area contributed by atoms with E-state index in [1.807, 2.05) is 4.68 Å². The van der Waals surface area contributed by atoms with Crippen LogP contribution in [0.2, 0.25) is 5.02 Å². The monoisotopic (exact) mass is 272 g/mol. The van der Waals surface area contributed by atoms with Gasteiger partial charge in [0, 0.05) is 26.2 Å². The van der Waals surface area contributed by atoms with Crippen LogP contribution in [0.4, 0.5) is 0 Å². The Kier molecular flexibility index (Phi) is 6.68. The van der Waals surface area contributed by atoms with Crippen molar-refractivity contribution in [3.63, 3.8) is 0 Å². The van der Waals surface area contributed by atoms with Crippen LogP contribution in [0.3, 0.4) is 0 Å². The van der Waals surface area contributed by atoms with E-state index in [0.29, 0.717) is 0 Å². The third-order valence-electron chi connectivity index (χ3n) is 3.20. The number of aryl methyl sites for hydroxylation is 2. The van der Waals surface area contributed by atoms with Gasteiger partial charge in [-0.2, -0.15) is 5.10 Å². The van der Waals surface area contributed by atoms with E-state index in [1.54, 1.807) is 0 Å². The highest BCUT2D eigenvalue weighted by Crippen LogP contribution is 2.21. The summed E-state index contributed by atoms with van der Waals surface area (Å²) in [5, 5.41) is 8.77. The minimum atomic E-state index is 0.789. The number of aromatic nitrogens is 2. The first-order valence-corrected chi connectivity index (χ1v) is 7.15. The molecule has 0 spiro atoms. The maximum Gasteiger partial charge on any atom is 0.0863 e. The van der Waals surface area contributed by atoms with Crippen molar-refractivity contribution in [2.24, 2.45) is 0 Å². The van der Waals surface area contributed by atoms with Crippen molar-refractivity contribution < 1.29 is 0 Å². The van der Waals surface area contributed by atoms with Gasteiger partial charge in [-0.05, 0) is 26.9 Å². The molecular weight excluding hydrogens is 248 g/mol. The normalized spacial score (nSPS) is 11.4. The highest BCUT2D eigenvalue weighted by Gasteiger charge is 2.13. The maximum absolute atomic E-state index is 6.34. The number of nitrogens with one attached hydrogen (secondary N) is 1. The molecule has 0 atom stereocenters. The first-order valence-electron chi connectivity index (χ1n) is 6.77. The van der Waals surface area contributed by atoms with Crippen molar-refractivity contribution in [1.82, 2.24) is 20.0 Å². The number of halogens is 1. The van der Waals surface area contributed by atoms with E-state index in [1.165, 1.54) is 0 Å². The molecule has 0 saturated carbocycles. The fourth-order valence-corrected chi connectivity index (χ4v) is 2.16. The van der Waals surface area contributed by atoms with Crippen molar-refractivity contribution in [3.05, 3.63) is 16.4 Å². The molecule has 0 aliphatic carbocycles. The molecule has 18 heavy (non-hydrogen) atoms. The zero-order chi connectivity index (χ0) is 13.5. The molecular formula is C13H25ClN4. The van der Waals surface area contributed by atoms with Gasteiger partial charge in [0.15, 0.2) is 0 Å². The van der Waals surface area contributed by atoms with Gasteiger partial charge in [-0.1, -0.05) is 25.4 Å². The molecule has 0 radical (unpaired) electrons. The van der Waals surface area contributed by atoms with Gasteiger partial charge in [-0.15, -0.1) is 0 Å². The predicted molar refractivity (Wildman–Crippen MR) is 77.2 cm³/mol. The highest BCUT2D eigenvalue weighted by atomic mass is 35.5. The zero-order valence-electron chi connectivity index (χ0n) is 12.0. The predicted octanol–water partition coefficient (Wildman–Crippen LogP) is 2.16. The molecule has 4 nitrogen and oxygen atoms in total. The van der Waals surface area contributed by atoms with E-state index < -0.39 is 0 Å². The minimum absolute atomic E-state index is 0.789. The first-order chi connectivity index (χ1) is 8.63.